The monoisotopic (exact) mass is 455 g/mol. The van der Waals surface area contributed by atoms with Crippen molar-refractivity contribution < 1.29 is 9.84 Å². The third-order valence-electron chi connectivity index (χ3n) is 6.66. The summed E-state index contributed by atoms with van der Waals surface area (Å²) in [5.74, 6) is 0.819. The van der Waals surface area contributed by atoms with Crippen molar-refractivity contribution in [3.63, 3.8) is 0 Å². The lowest BCUT2D eigenvalue weighted by Gasteiger charge is -2.40. The maximum absolute atomic E-state index is 10.7. The van der Waals surface area contributed by atoms with Crippen molar-refractivity contribution in [1.82, 2.24) is 14.8 Å². The number of piperazine rings is 1. The van der Waals surface area contributed by atoms with Crippen molar-refractivity contribution in [1.29, 1.82) is 0 Å². The van der Waals surface area contributed by atoms with Gasteiger partial charge in [-0.15, -0.1) is 0 Å². The number of nitrogens with one attached hydrogen (secondary N) is 1. The van der Waals surface area contributed by atoms with E-state index in [9.17, 15) is 5.11 Å². The molecule has 1 aliphatic rings. The Kier molecular flexibility index (Phi) is 6.95. The molecule has 1 atom stereocenters. The number of aliphatic hydroxyl groups is 1. The quantitative estimate of drug-likeness (QED) is 0.407. The zero-order valence-corrected chi connectivity index (χ0v) is 19.7. The van der Waals surface area contributed by atoms with Gasteiger partial charge in [-0.25, -0.2) is 0 Å². The summed E-state index contributed by atoms with van der Waals surface area (Å²) in [6.07, 6.45) is -0.527. The fraction of sp³-hybridized carbons (Fsp3) is 0.310. The SMILES string of the molecule is Cc1cc2c(OC[C@H](O)CN3CCN(C(c4ccccc4)c4ccccc4)CC3)cccc2[nH]1. The fourth-order valence-corrected chi connectivity index (χ4v) is 5.02. The molecule has 0 unspecified atom stereocenters. The Balaban J connectivity index is 1.17. The average molecular weight is 456 g/mol. The fourth-order valence-electron chi connectivity index (χ4n) is 5.02. The van der Waals surface area contributed by atoms with Crippen molar-refractivity contribution in [2.45, 2.75) is 19.1 Å². The maximum Gasteiger partial charge on any atom is 0.128 e. The molecule has 3 aromatic carbocycles. The number of nitrogens with zero attached hydrogens (tertiary/aromatic N) is 2. The van der Waals surface area contributed by atoms with Gasteiger partial charge in [0.15, 0.2) is 0 Å². The van der Waals surface area contributed by atoms with Gasteiger partial charge >= 0.3 is 0 Å². The molecule has 2 N–H and O–H groups in total. The second-order valence-corrected chi connectivity index (χ2v) is 9.20. The van der Waals surface area contributed by atoms with Crippen LogP contribution in [-0.4, -0.2) is 65.3 Å². The molecular weight excluding hydrogens is 422 g/mol. The van der Waals surface area contributed by atoms with E-state index in [1.54, 1.807) is 0 Å². The number of β-amino-alcohol motifs (C(OH)–C–C–N with tert-alkyl or cyclic N) is 1. The van der Waals surface area contributed by atoms with Crippen molar-refractivity contribution in [3.05, 3.63) is 102 Å². The number of H-pyrrole nitrogens is 1. The van der Waals surface area contributed by atoms with Gasteiger partial charge in [-0.2, -0.15) is 0 Å². The van der Waals surface area contributed by atoms with Gasteiger partial charge in [0.25, 0.3) is 0 Å². The lowest BCUT2D eigenvalue weighted by molar-refractivity contribution is 0.0404. The van der Waals surface area contributed by atoms with Gasteiger partial charge in [0.2, 0.25) is 0 Å². The van der Waals surface area contributed by atoms with Gasteiger partial charge in [0.1, 0.15) is 18.5 Å². The van der Waals surface area contributed by atoms with Crippen molar-refractivity contribution in [2.75, 3.05) is 39.3 Å². The van der Waals surface area contributed by atoms with Crippen LogP contribution in [0.2, 0.25) is 0 Å². The van der Waals surface area contributed by atoms with Gasteiger partial charge in [-0.3, -0.25) is 9.80 Å². The molecular formula is C29H33N3O2. The zero-order chi connectivity index (χ0) is 23.3. The van der Waals surface area contributed by atoms with E-state index in [0.717, 1.165) is 48.5 Å². The Hall–Kier alpha value is -3.12. The summed E-state index contributed by atoms with van der Waals surface area (Å²) in [6, 6.07) is 29.8. The highest BCUT2D eigenvalue weighted by molar-refractivity contribution is 5.86. The maximum atomic E-state index is 10.7. The first kappa shape index (κ1) is 22.7. The predicted octanol–water partition coefficient (Wildman–Crippen LogP) is 4.62. The summed E-state index contributed by atoms with van der Waals surface area (Å²) in [7, 11) is 0. The number of ether oxygens (including phenoxy) is 1. The molecule has 1 saturated heterocycles. The van der Waals surface area contributed by atoms with Gasteiger partial charge in [0.05, 0.1) is 6.04 Å². The van der Waals surface area contributed by atoms with Gasteiger partial charge < -0.3 is 14.8 Å². The van der Waals surface area contributed by atoms with E-state index in [2.05, 4.69) is 81.5 Å². The van der Waals surface area contributed by atoms with Crippen LogP contribution in [0.3, 0.4) is 0 Å². The largest absolute Gasteiger partial charge is 0.490 e. The van der Waals surface area contributed by atoms with Crippen LogP contribution in [0, 0.1) is 6.92 Å². The average Bonchev–Trinajstić information content (AvgIpc) is 3.26. The lowest BCUT2D eigenvalue weighted by atomic mass is 9.96. The highest BCUT2D eigenvalue weighted by Crippen LogP contribution is 2.30. The topological polar surface area (TPSA) is 51.7 Å². The molecule has 176 valence electrons. The summed E-state index contributed by atoms with van der Waals surface area (Å²) in [5, 5.41) is 11.7. The molecule has 5 rings (SSSR count). The Morgan fingerprint density at radius 1 is 0.853 bits per heavy atom. The highest BCUT2D eigenvalue weighted by atomic mass is 16.5. The van der Waals surface area contributed by atoms with Crippen molar-refractivity contribution in [2.24, 2.45) is 0 Å². The first-order valence-electron chi connectivity index (χ1n) is 12.1. The van der Waals surface area contributed by atoms with Crippen LogP contribution in [0.4, 0.5) is 0 Å². The Bertz CT molecular complexity index is 1140. The van der Waals surface area contributed by atoms with E-state index >= 15 is 0 Å². The molecule has 34 heavy (non-hydrogen) atoms. The molecule has 0 saturated carbocycles. The first-order valence-corrected chi connectivity index (χ1v) is 12.1. The number of rotatable bonds is 8. The first-order chi connectivity index (χ1) is 16.7. The normalized spacial score (nSPS) is 16.2. The molecule has 4 aromatic rings. The molecule has 0 aliphatic carbocycles. The summed E-state index contributed by atoms with van der Waals surface area (Å²) in [5.41, 5.74) is 4.82. The Morgan fingerprint density at radius 2 is 1.50 bits per heavy atom. The summed E-state index contributed by atoms with van der Waals surface area (Å²) in [6.45, 7) is 6.74. The van der Waals surface area contributed by atoms with E-state index in [1.807, 2.05) is 25.1 Å². The number of benzene rings is 3. The number of fused-ring (bicyclic) bond motifs is 1. The van der Waals surface area contributed by atoms with E-state index in [-0.39, 0.29) is 6.04 Å². The van der Waals surface area contributed by atoms with Crippen molar-refractivity contribution in [3.8, 4) is 5.75 Å². The molecule has 5 heteroatoms. The predicted molar refractivity (Wildman–Crippen MR) is 137 cm³/mol. The van der Waals surface area contributed by atoms with E-state index in [0.29, 0.717) is 13.2 Å². The van der Waals surface area contributed by atoms with E-state index in [1.165, 1.54) is 11.1 Å². The molecule has 1 aliphatic heterocycles. The van der Waals surface area contributed by atoms with Crippen LogP contribution in [0.25, 0.3) is 10.9 Å². The molecule has 0 bridgehead atoms. The third kappa shape index (κ3) is 5.17. The van der Waals surface area contributed by atoms with Crippen molar-refractivity contribution >= 4 is 10.9 Å². The van der Waals surface area contributed by atoms with Gasteiger partial charge in [-0.05, 0) is 36.2 Å². The smallest absolute Gasteiger partial charge is 0.128 e. The molecule has 2 heterocycles. The second kappa shape index (κ2) is 10.4. The number of hydrogen-bond donors (Lipinski definition) is 2. The molecule has 0 amide bonds. The summed E-state index contributed by atoms with van der Waals surface area (Å²) < 4.78 is 6.00. The Morgan fingerprint density at radius 3 is 2.15 bits per heavy atom. The number of aliphatic hydroxyl groups excluding tert-OH is 1. The summed E-state index contributed by atoms with van der Waals surface area (Å²) in [4.78, 5) is 8.23. The summed E-state index contributed by atoms with van der Waals surface area (Å²) >= 11 is 0. The highest BCUT2D eigenvalue weighted by Gasteiger charge is 2.27. The molecule has 0 spiro atoms. The zero-order valence-electron chi connectivity index (χ0n) is 19.7. The minimum Gasteiger partial charge on any atom is -0.490 e. The van der Waals surface area contributed by atoms with Crippen LogP contribution in [0.15, 0.2) is 84.9 Å². The van der Waals surface area contributed by atoms with Gasteiger partial charge in [-0.1, -0.05) is 66.7 Å². The number of aromatic amines is 1. The van der Waals surface area contributed by atoms with E-state index < -0.39 is 6.10 Å². The van der Waals surface area contributed by atoms with Crippen LogP contribution in [-0.2, 0) is 0 Å². The minimum atomic E-state index is -0.527. The third-order valence-corrected chi connectivity index (χ3v) is 6.66. The van der Waals surface area contributed by atoms with Crippen LogP contribution in [0.1, 0.15) is 22.9 Å². The Labute approximate surface area is 201 Å². The molecule has 1 aromatic heterocycles. The number of aromatic nitrogens is 1. The lowest BCUT2D eigenvalue weighted by Crippen LogP contribution is -2.50. The molecule has 5 nitrogen and oxygen atoms in total. The van der Waals surface area contributed by atoms with Crippen LogP contribution >= 0.6 is 0 Å². The molecule has 0 radical (unpaired) electrons. The second-order valence-electron chi connectivity index (χ2n) is 9.20. The van der Waals surface area contributed by atoms with Crippen LogP contribution in [0.5, 0.6) is 5.75 Å². The standard InChI is InChI=1S/C29H33N3O2/c1-22-19-26-27(30-22)13-8-14-28(26)34-21-25(33)20-31-15-17-32(18-16-31)29(23-9-4-2-5-10-23)24-11-6-3-7-12-24/h2-14,19,25,29-30,33H,15-18,20-21H2,1H3/t25-/m1/s1. The van der Waals surface area contributed by atoms with Crippen LogP contribution < -0.4 is 4.74 Å². The molecule has 1 fully saturated rings. The van der Waals surface area contributed by atoms with E-state index in [4.69, 9.17) is 4.74 Å². The number of aryl methyl sites for hydroxylation is 1. The number of hydrogen-bond acceptors (Lipinski definition) is 4. The van der Waals surface area contributed by atoms with Gasteiger partial charge in [0, 0.05) is 49.3 Å². The minimum absolute atomic E-state index is 0.253.